The SMILES string of the molecule is COc1ccc(NC(=O)c2cc(NC3CCCCC3C)ncn2)c(C)c1. The van der Waals surface area contributed by atoms with Crippen molar-refractivity contribution in [1.82, 2.24) is 9.97 Å². The second-order valence-corrected chi connectivity index (χ2v) is 6.94. The lowest BCUT2D eigenvalue weighted by Gasteiger charge is -2.29. The van der Waals surface area contributed by atoms with Crippen molar-refractivity contribution in [3.63, 3.8) is 0 Å². The quantitative estimate of drug-likeness (QED) is 0.847. The average Bonchev–Trinajstić information content (AvgIpc) is 2.65. The third-order valence-electron chi connectivity index (χ3n) is 5.03. The molecule has 1 aliphatic carbocycles. The first kappa shape index (κ1) is 18.2. The van der Waals surface area contributed by atoms with Gasteiger partial charge in [-0.05, 0) is 49.4 Å². The van der Waals surface area contributed by atoms with E-state index in [9.17, 15) is 4.79 Å². The number of ether oxygens (including phenoxy) is 1. The van der Waals surface area contributed by atoms with Crippen LogP contribution in [0.2, 0.25) is 0 Å². The third kappa shape index (κ3) is 4.31. The van der Waals surface area contributed by atoms with Gasteiger partial charge in [-0.15, -0.1) is 0 Å². The monoisotopic (exact) mass is 354 g/mol. The van der Waals surface area contributed by atoms with Crippen LogP contribution in [0.5, 0.6) is 5.75 Å². The summed E-state index contributed by atoms with van der Waals surface area (Å²) in [6.07, 6.45) is 6.32. The molecule has 26 heavy (non-hydrogen) atoms. The molecule has 6 nitrogen and oxygen atoms in total. The molecular weight excluding hydrogens is 328 g/mol. The van der Waals surface area contributed by atoms with Crippen LogP contribution in [0, 0.1) is 12.8 Å². The number of methoxy groups -OCH3 is 1. The van der Waals surface area contributed by atoms with Crippen molar-refractivity contribution in [3.05, 3.63) is 41.9 Å². The highest BCUT2D eigenvalue weighted by Gasteiger charge is 2.21. The molecule has 0 spiro atoms. The maximum Gasteiger partial charge on any atom is 0.274 e. The molecule has 0 bridgehead atoms. The summed E-state index contributed by atoms with van der Waals surface area (Å²) in [5.41, 5.74) is 2.02. The fraction of sp³-hybridized carbons (Fsp3) is 0.450. The van der Waals surface area contributed by atoms with Gasteiger partial charge in [0.1, 0.15) is 23.6 Å². The molecule has 1 heterocycles. The summed E-state index contributed by atoms with van der Waals surface area (Å²) in [6.45, 7) is 4.19. The van der Waals surface area contributed by atoms with E-state index in [1.807, 2.05) is 25.1 Å². The number of rotatable bonds is 5. The van der Waals surface area contributed by atoms with E-state index in [0.29, 0.717) is 23.5 Å². The number of aryl methyl sites for hydroxylation is 1. The van der Waals surface area contributed by atoms with Gasteiger partial charge in [-0.2, -0.15) is 0 Å². The topological polar surface area (TPSA) is 76.1 Å². The summed E-state index contributed by atoms with van der Waals surface area (Å²) < 4.78 is 5.19. The number of nitrogens with zero attached hydrogens (tertiary/aromatic N) is 2. The highest BCUT2D eigenvalue weighted by molar-refractivity contribution is 6.03. The van der Waals surface area contributed by atoms with Gasteiger partial charge < -0.3 is 15.4 Å². The maximum atomic E-state index is 12.6. The van der Waals surface area contributed by atoms with Crippen LogP contribution in [0.3, 0.4) is 0 Å². The Bertz CT molecular complexity index is 778. The predicted octanol–water partition coefficient (Wildman–Crippen LogP) is 4.04. The molecule has 2 unspecified atom stereocenters. The Morgan fingerprint density at radius 3 is 2.73 bits per heavy atom. The van der Waals surface area contributed by atoms with Crippen LogP contribution in [0.25, 0.3) is 0 Å². The van der Waals surface area contributed by atoms with E-state index < -0.39 is 0 Å². The van der Waals surface area contributed by atoms with E-state index in [1.165, 1.54) is 25.6 Å². The Labute approximate surface area is 154 Å². The smallest absolute Gasteiger partial charge is 0.274 e. The van der Waals surface area contributed by atoms with Crippen LogP contribution in [0.4, 0.5) is 11.5 Å². The number of carbonyl (C=O) groups is 1. The van der Waals surface area contributed by atoms with Gasteiger partial charge in [0.15, 0.2) is 0 Å². The molecule has 1 aromatic carbocycles. The highest BCUT2D eigenvalue weighted by Crippen LogP contribution is 2.26. The molecule has 0 radical (unpaired) electrons. The van der Waals surface area contributed by atoms with E-state index >= 15 is 0 Å². The molecule has 1 saturated carbocycles. The molecule has 138 valence electrons. The first-order chi connectivity index (χ1) is 12.6. The Balaban J connectivity index is 1.70. The lowest BCUT2D eigenvalue weighted by molar-refractivity contribution is 0.102. The van der Waals surface area contributed by atoms with Crippen LogP contribution in [0.1, 0.15) is 48.7 Å². The fourth-order valence-electron chi connectivity index (χ4n) is 3.37. The van der Waals surface area contributed by atoms with E-state index in [0.717, 1.165) is 23.4 Å². The lowest BCUT2D eigenvalue weighted by atomic mass is 9.86. The Kier molecular flexibility index (Phi) is 5.71. The van der Waals surface area contributed by atoms with Crippen molar-refractivity contribution < 1.29 is 9.53 Å². The van der Waals surface area contributed by atoms with Gasteiger partial charge in [0, 0.05) is 17.8 Å². The standard InChI is InChI=1S/C20H26N4O2/c1-13-6-4-5-7-16(13)23-19-11-18(21-12-22-19)20(25)24-17-9-8-15(26-3)10-14(17)2/h8-13,16H,4-7H2,1-3H3,(H,24,25)(H,21,22,23). The second kappa shape index (κ2) is 8.17. The summed E-state index contributed by atoms with van der Waals surface area (Å²) in [6, 6.07) is 7.65. The molecule has 1 amide bonds. The molecule has 0 saturated heterocycles. The Hall–Kier alpha value is -2.63. The normalized spacial score (nSPS) is 19.7. The zero-order valence-corrected chi connectivity index (χ0v) is 15.6. The predicted molar refractivity (Wildman–Crippen MR) is 103 cm³/mol. The third-order valence-corrected chi connectivity index (χ3v) is 5.03. The minimum absolute atomic E-state index is 0.250. The lowest BCUT2D eigenvalue weighted by Crippen LogP contribution is -2.30. The molecular formula is C20H26N4O2. The van der Waals surface area contributed by atoms with Crippen molar-refractivity contribution in [2.75, 3.05) is 17.7 Å². The molecule has 3 rings (SSSR count). The van der Waals surface area contributed by atoms with Crippen molar-refractivity contribution in [2.45, 2.75) is 45.6 Å². The Morgan fingerprint density at radius 1 is 1.19 bits per heavy atom. The zero-order chi connectivity index (χ0) is 18.5. The first-order valence-corrected chi connectivity index (χ1v) is 9.11. The van der Waals surface area contributed by atoms with Gasteiger partial charge >= 0.3 is 0 Å². The summed E-state index contributed by atoms with van der Waals surface area (Å²) in [7, 11) is 1.62. The summed E-state index contributed by atoms with van der Waals surface area (Å²) in [4.78, 5) is 21.0. The van der Waals surface area contributed by atoms with Gasteiger partial charge in [0.05, 0.1) is 7.11 Å². The molecule has 2 N–H and O–H groups in total. The fourth-order valence-corrected chi connectivity index (χ4v) is 3.37. The average molecular weight is 354 g/mol. The number of hydrogen-bond acceptors (Lipinski definition) is 5. The van der Waals surface area contributed by atoms with Crippen LogP contribution >= 0.6 is 0 Å². The minimum Gasteiger partial charge on any atom is -0.497 e. The van der Waals surface area contributed by atoms with Gasteiger partial charge in [-0.1, -0.05) is 19.8 Å². The van der Waals surface area contributed by atoms with Crippen LogP contribution in [-0.4, -0.2) is 29.0 Å². The highest BCUT2D eigenvalue weighted by atomic mass is 16.5. The van der Waals surface area contributed by atoms with Crippen molar-refractivity contribution in [2.24, 2.45) is 5.92 Å². The van der Waals surface area contributed by atoms with Crippen LogP contribution in [0.15, 0.2) is 30.6 Å². The molecule has 2 atom stereocenters. The minimum atomic E-state index is -0.250. The molecule has 1 aromatic heterocycles. The van der Waals surface area contributed by atoms with E-state index in [-0.39, 0.29) is 5.91 Å². The molecule has 0 aliphatic heterocycles. The van der Waals surface area contributed by atoms with Gasteiger partial charge in [0.2, 0.25) is 0 Å². The number of nitrogens with one attached hydrogen (secondary N) is 2. The number of anilines is 2. The number of hydrogen-bond donors (Lipinski definition) is 2. The molecule has 1 fully saturated rings. The molecule has 1 aliphatic rings. The molecule has 6 heteroatoms. The van der Waals surface area contributed by atoms with Crippen LogP contribution in [-0.2, 0) is 0 Å². The van der Waals surface area contributed by atoms with Gasteiger partial charge in [-0.25, -0.2) is 9.97 Å². The largest absolute Gasteiger partial charge is 0.497 e. The number of benzene rings is 1. The zero-order valence-electron chi connectivity index (χ0n) is 15.6. The van der Waals surface area contributed by atoms with Crippen molar-refractivity contribution in [1.29, 1.82) is 0 Å². The first-order valence-electron chi connectivity index (χ1n) is 9.11. The van der Waals surface area contributed by atoms with Crippen molar-refractivity contribution in [3.8, 4) is 5.75 Å². The summed E-state index contributed by atoms with van der Waals surface area (Å²) >= 11 is 0. The second-order valence-electron chi connectivity index (χ2n) is 6.94. The number of amides is 1. The maximum absolute atomic E-state index is 12.6. The number of carbonyl (C=O) groups excluding carboxylic acids is 1. The van der Waals surface area contributed by atoms with Gasteiger partial charge in [0.25, 0.3) is 5.91 Å². The summed E-state index contributed by atoms with van der Waals surface area (Å²) in [5.74, 6) is 1.82. The molecule has 2 aromatic rings. The van der Waals surface area contributed by atoms with Crippen molar-refractivity contribution >= 4 is 17.4 Å². The van der Waals surface area contributed by atoms with E-state index in [2.05, 4.69) is 27.5 Å². The van der Waals surface area contributed by atoms with Gasteiger partial charge in [-0.3, -0.25) is 4.79 Å². The number of aromatic nitrogens is 2. The van der Waals surface area contributed by atoms with Crippen LogP contribution < -0.4 is 15.4 Å². The van der Waals surface area contributed by atoms with E-state index in [1.54, 1.807) is 13.2 Å². The Morgan fingerprint density at radius 2 is 2.00 bits per heavy atom. The van der Waals surface area contributed by atoms with E-state index in [4.69, 9.17) is 4.74 Å². The summed E-state index contributed by atoms with van der Waals surface area (Å²) in [5, 5.41) is 6.37.